The van der Waals surface area contributed by atoms with E-state index in [-0.39, 0.29) is 18.7 Å². The number of aryl methyl sites for hydroxylation is 1. The van der Waals surface area contributed by atoms with Gasteiger partial charge in [0.25, 0.3) is 5.56 Å². The van der Waals surface area contributed by atoms with Crippen molar-refractivity contribution in [1.29, 1.82) is 0 Å². The van der Waals surface area contributed by atoms with E-state index in [0.29, 0.717) is 21.7 Å². The molecule has 1 unspecified atom stereocenters. The Morgan fingerprint density at radius 3 is 2.73 bits per heavy atom. The van der Waals surface area contributed by atoms with E-state index >= 15 is 0 Å². The number of fused-ring (bicyclic) bond motifs is 1. The molecule has 0 saturated heterocycles. The van der Waals surface area contributed by atoms with Gasteiger partial charge in [0.15, 0.2) is 11.5 Å². The van der Waals surface area contributed by atoms with Gasteiger partial charge < -0.3 is 14.6 Å². The quantitative estimate of drug-likeness (QED) is 0.368. The van der Waals surface area contributed by atoms with Gasteiger partial charge in [-0.15, -0.1) is 17.9 Å². The lowest BCUT2D eigenvalue weighted by molar-refractivity contribution is 0.0900. The number of hydrogen-bond donors (Lipinski definition) is 1. The van der Waals surface area contributed by atoms with Crippen molar-refractivity contribution >= 4 is 21.6 Å². The van der Waals surface area contributed by atoms with Gasteiger partial charge in [0, 0.05) is 4.88 Å². The maximum atomic E-state index is 13.2. The topological polar surface area (TPSA) is 73.6 Å². The zero-order valence-electron chi connectivity index (χ0n) is 18.7. The highest BCUT2D eigenvalue weighted by molar-refractivity contribution is 7.22. The Bertz CT molecular complexity index is 1330. The minimum Gasteiger partial charge on any atom is -0.493 e. The van der Waals surface area contributed by atoms with E-state index in [1.54, 1.807) is 7.11 Å². The number of allylic oxidation sites excluding steroid dienone is 1. The van der Waals surface area contributed by atoms with Crippen LogP contribution in [-0.4, -0.2) is 34.5 Å². The highest BCUT2D eigenvalue weighted by Gasteiger charge is 2.17. The van der Waals surface area contributed by atoms with E-state index in [2.05, 4.69) is 11.6 Å². The summed E-state index contributed by atoms with van der Waals surface area (Å²) in [5, 5.41) is 11.1. The summed E-state index contributed by atoms with van der Waals surface area (Å²) in [5.74, 6) is 1.12. The van der Waals surface area contributed by atoms with Crippen LogP contribution in [0.2, 0.25) is 0 Å². The van der Waals surface area contributed by atoms with E-state index in [9.17, 15) is 9.90 Å². The first-order valence-corrected chi connectivity index (χ1v) is 11.5. The third kappa shape index (κ3) is 4.84. The van der Waals surface area contributed by atoms with Crippen molar-refractivity contribution < 1.29 is 14.6 Å². The van der Waals surface area contributed by atoms with Gasteiger partial charge in [-0.05, 0) is 42.2 Å². The molecule has 0 radical (unpaired) electrons. The Morgan fingerprint density at radius 1 is 1.21 bits per heavy atom. The van der Waals surface area contributed by atoms with E-state index in [4.69, 9.17) is 9.47 Å². The Morgan fingerprint density at radius 2 is 2.00 bits per heavy atom. The molecule has 0 aliphatic heterocycles. The molecule has 2 heterocycles. The molecule has 2 aromatic carbocycles. The summed E-state index contributed by atoms with van der Waals surface area (Å²) in [6.07, 6.45) is 3.14. The standard InChI is InChI=1S/C26H26N2O4S/c1-4-8-18-11-12-21(22(13-18)31-3)32-15-20(29)14-28-16-27-25-23(26(28)30)17(2)24(33-25)19-9-6-5-7-10-19/h4-7,9-13,16,20,29H,1,8,14-15H2,2-3H3. The van der Waals surface area contributed by atoms with Crippen LogP contribution in [0.3, 0.4) is 0 Å². The van der Waals surface area contributed by atoms with Crippen LogP contribution in [0.15, 0.2) is 72.3 Å². The molecule has 0 bridgehead atoms. The van der Waals surface area contributed by atoms with E-state index in [0.717, 1.165) is 28.0 Å². The second-order valence-electron chi connectivity index (χ2n) is 7.75. The van der Waals surface area contributed by atoms with Gasteiger partial charge in [0.1, 0.15) is 17.5 Å². The van der Waals surface area contributed by atoms with Crippen molar-refractivity contribution in [3.05, 3.63) is 89.0 Å². The number of benzene rings is 2. The van der Waals surface area contributed by atoms with Gasteiger partial charge in [-0.1, -0.05) is 42.5 Å². The molecule has 0 saturated carbocycles. The lowest BCUT2D eigenvalue weighted by atomic mass is 10.1. The van der Waals surface area contributed by atoms with Crippen LogP contribution in [-0.2, 0) is 13.0 Å². The van der Waals surface area contributed by atoms with E-state index in [1.165, 1.54) is 22.2 Å². The molecule has 0 amide bonds. The Labute approximate surface area is 196 Å². The lowest BCUT2D eigenvalue weighted by Crippen LogP contribution is -2.30. The van der Waals surface area contributed by atoms with Gasteiger partial charge in [-0.2, -0.15) is 0 Å². The van der Waals surface area contributed by atoms with Crippen LogP contribution in [0.4, 0.5) is 0 Å². The molecule has 6 nitrogen and oxygen atoms in total. The molecular weight excluding hydrogens is 436 g/mol. The van der Waals surface area contributed by atoms with Crippen LogP contribution in [0.25, 0.3) is 20.7 Å². The fourth-order valence-corrected chi connectivity index (χ4v) is 4.89. The summed E-state index contributed by atoms with van der Waals surface area (Å²) in [5.41, 5.74) is 2.86. The lowest BCUT2D eigenvalue weighted by Gasteiger charge is -2.16. The zero-order valence-corrected chi connectivity index (χ0v) is 19.5. The first-order valence-electron chi connectivity index (χ1n) is 10.6. The first-order chi connectivity index (χ1) is 16.0. The molecule has 7 heteroatoms. The normalized spacial score (nSPS) is 12.0. The molecule has 0 fully saturated rings. The van der Waals surface area contributed by atoms with Gasteiger partial charge in [-0.3, -0.25) is 9.36 Å². The van der Waals surface area contributed by atoms with Gasteiger partial charge in [0.05, 0.1) is 25.4 Å². The van der Waals surface area contributed by atoms with Crippen LogP contribution >= 0.6 is 11.3 Å². The average molecular weight is 463 g/mol. The fourth-order valence-electron chi connectivity index (χ4n) is 3.74. The monoisotopic (exact) mass is 462 g/mol. The van der Waals surface area contributed by atoms with E-state index in [1.807, 2.05) is 61.5 Å². The third-order valence-electron chi connectivity index (χ3n) is 5.40. The highest BCUT2D eigenvalue weighted by Crippen LogP contribution is 2.35. The van der Waals surface area contributed by atoms with Crippen molar-refractivity contribution in [1.82, 2.24) is 9.55 Å². The number of thiophene rings is 1. The SMILES string of the molecule is C=CCc1ccc(OCC(O)Cn2cnc3sc(-c4ccccc4)c(C)c3c2=O)c(OC)c1. The number of hydrogen-bond acceptors (Lipinski definition) is 6. The predicted molar refractivity (Wildman–Crippen MR) is 132 cm³/mol. The Balaban J connectivity index is 1.51. The van der Waals surface area contributed by atoms with Crippen LogP contribution in [0.5, 0.6) is 11.5 Å². The molecule has 1 atom stereocenters. The zero-order chi connectivity index (χ0) is 23.4. The number of aromatic nitrogens is 2. The van der Waals surface area contributed by atoms with Crippen molar-refractivity contribution in [3.8, 4) is 21.9 Å². The minimum absolute atomic E-state index is 0.0134. The molecule has 170 valence electrons. The largest absolute Gasteiger partial charge is 0.493 e. The number of ether oxygens (including phenoxy) is 2. The molecule has 0 aliphatic carbocycles. The maximum absolute atomic E-state index is 13.2. The van der Waals surface area contributed by atoms with Crippen LogP contribution in [0, 0.1) is 6.92 Å². The second-order valence-corrected chi connectivity index (χ2v) is 8.75. The van der Waals surface area contributed by atoms with Crippen LogP contribution in [0.1, 0.15) is 11.1 Å². The molecule has 0 spiro atoms. The summed E-state index contributed by atoms with van der Waals surface area (Å²) in [7, 11) is 1.57. The molecule has 33 heavy (non-hydrogen) atoms. The summed E-state index contributed by atoms with van der Waals surface area (Å²) in [6.45, 7) is 5.78. The Hall–Kier alpha value is -3.42. The molecular formula is C26H26N2O4S. The summed E-state index contributed by atoms with van der Waals surface area (Å²) < 4.78 is 12.6. The average Bonchev–Trinajstić information content (AvgIpc) is 3.17. The smallest absolute Gasteiger partial charge is 0.262 e. The highest BCUT2D eigenvalue weighted by atomic mass is 32.1. The summed E-state index contributed by atoms with van der Waals surface area (Å²) in [6, 6.07) is 15.6. The maximum Gasteiger partial charge on any atom is 0.262 e. The second kappa shape index (κ2) is 10.0. The molecule has 1 N–H and O–H groups in total. The van der Waals surface area contributed by atoms with Gasteiger partial charge >= 0.3 is 0 Å². The predicted octanol–water partition coefficient (Wildman–Crippen LogP) is 4.61. The third-order valence-corrected chi connectivity index (χ3v) is 6.65. The number of nitrogens with zero attached hydrogens (tertiary/aromatic N) is 2. The fraction of sp³-hybridized carbons (Fsp3) is 0.231. The van der Waals surface area contributed by atoms with Crippen molar-refractivity contribution in [2.24, 2.45) is 0 Å². The first kappa shape index (κ1) is 22.8. The Kier molecular flexibility index (Phi) is 6.91. The molecule has 4 rings (SSSR count). The van der Waals surface area contributed by atoms with Crippen molar-refractivity contribution in [3.63, 3.8) is 0 Å². The molecule has 4 aromatic rings. The van der Waals surface area contributed by atoms with Crippen molar-refractivity contribution in [2.75, 3.05) is 13.7 Å². The van der Waals surface area contributed by atoms with Crippen molar-refractivity contribution in [2.45, 2.75) is 26.0 Å². The summed E-state index contributed by atoms with van der Waals surface area (Å²) >= 11 is 1.50. The van der Waals surface area contributed by atoms with Crippen LogP contribution < -0.4 is 15.0 Å². The number of rotatable bonds is 9. The van der Waals surface area contributed by atoms with Gasteiger partial charge in [-0.25, -0.2) is 4.98 Å². The summed E-state index contributed by atoms with van der Waals surface area (Å²) in [4.78, 5) is 19.4. The molecule has 2 aromatic heterocycles. The number of aliphatic hydroxyl groups is 1. The molecule has 0 aliphatic rings. The minimum atomic E-state index is -0.896. The van der Waals surface area contributed by atoms with Gasteiger partial charge in [0.2, 0.25) is 0 Å². The number of methoxy groups -OCH3 is 1. The number of aliphatic hydroxyl groups excluding tert-OH is 1. The van der Waals surface area contributed by atoms with E-state index < -0.39 is 6.10 Å².